The summed E-state index contributed by atoms with van der Waals surface area (Å²) in [6.45, 7) is 1.89. The van der Waals surface area contributed by atoms with Crippen LogP contribution in [0.4, 0.5) is 0 Å². The number of hydrogen-bond donors (Lipinski definition) is 2. The number of aryl methyl sites for hydroxylation is 1. The van der Waals surface area contributed by atoms with Crippen molar-refractivity contribution in [1.29, 1.82) is 0 Å². The number of aliphatic hydroxyl groups excluding tert-OH is 1. The lowest BCUT2D eigenvalue weighted by atomic mass is 9.83. The average Bonchev–Trinajstić information content (AvgIpc) is 2.67. The van der Waals surface area contributed by atoms with Crippen molar-refractivity contribution in [2.24, 2.45) is 0 Å². The summed E-state index contributed by atoms with van der Waals surface area (Å²) in [6, 6.07) is 1.76. The van der Waals surface area contributed by atoms with Gasteiger partial charge in [-0.05, 0) is 13.0 Å². The molecule has 3 rings (SSSR count). The van der Waals surface area contributed by atoms with E-state index in [-0.39, 0.29) is 6.42 Å². The Kier molecular flexibility index (Phi) is 1.62. The van der Waals surface area contributed by atoms with E-state index in [1.807, 2.05) is 6.92 Å². The Bertz CT molecular complexity index is 452. The Morgan fingerprint density at radius 1 is 1.67 bits per heavy atom. The van der Waals surface area contributed by atoms with Gasteiger partial charge < -0.3 is 14.9 Å². The third-order valence-electron chi connectivity index (χ3n) is 3.04. The maximum atomic E-state index is 11.5. The molecule has 3 atom stereocenters. The van der Waals surface area contributed by atoms with Crippen molar-refractivity contribution in [2.45, 2.75) is 31.2 Å². The molecule has 0 aromatic carbocycles. The van der Waals surface area contributed by atoms with Crippen LogP contribution in [0.3, 0.4) is 0 Å². The quantitative estimate of drug-likeness (QED) is 0.636. The minimum absolute atomic E-state index is 0.163. The molecule has 0 spiro atoms. The summed E-state index contributed by atoms with van der Waals surface area (Å²) in [7, 11) is 0. The van der Waals surface area contributed by atoms with Crippen LogP contribution >= 0.6 is 11.3 Å². The van der Waals surface area contributed by atoms with Crippen LogP contribution in [0.2, 0.25) is 0 Å². The summed E-state index contributed by atoms with van der Waals surface area (Å²) in [4.78, 5) is 13.2. The highest BCUT2D eigenvalue weighted by atomic mass is 32.1. The topological polar surface area (TPSA) is 66.8 Å². The van der Waals surface area contributed by atoms with Crippen LogP contribution in [0.5, 0.6) is 0 Å². The molecule has 2 N–H and O–H groups in total. The highest BCUT2D eigenvalue weighted by Crippen LogP contribution is 2.50. The van der Waals surface area contributed by atoms with Crippen LogP contribution in [0.15, 0.2) is 6.07 Å². The molecule has 1 aromatic heterocycles. The molecule has 1 aromatic rings. The largest absolute Gasteiger partial charge is 0.457 e. The minimum atomic E-state index is -1.52. The standard InChI is InChI=1S/C10H10O4S/c1-4-2-5-8(15-4)7(11)6-3-10(5,13)9(12)14-6/h2,6-7,11,13H,3H2,1H3/t6-,7+,10-/m1/s1. The summed E-state index contributed by atoms with van der Waals surface area (Å²) < 4.78 is 4.95. The van der Waals surface area contributed by atoms with E-state index in [2.05, 4.69) is 0 Å². The summed E-state index contributed by atoms with van der Waals surface area (Å²) in [5, 5.41) is 20.1. The van der Waals surface area contributed by atoms with Gasteiger partial charge in [0, 0.05) is 21.7 Å². The number of thiophene rings is 1. The molecular weight excluding hydrogens is 216 g/mol. The third kappa shape index (κ3) is 1.00. The van der Waals surface area contributed by atoms with Gasteiger partial charge in [-0.3, -0.25) is 0 Å². The Morgan fingerprint density at radius 2 is 2.40 bits per heavy atom. The average molecular weight is 226 g/mol. The van der Waals surface area contributed by atoms with Crippen LogP contribution in [0.1, 0.15) is 27.8 Å². The number of fused-ring (bicyclic) bond motifs is 4. The first-order valence-corrected chi connectivity index (χ1v) is 5.56. The monoisotopic (exact) mass is 226 g/mol. The van der Waals surface area contributed by atoms with Crippen molar-refractivity contribution in [1.82, 2.24) is 0 Å². The molecule has 4 nitrogen and oxygen atoms in total. The molecule has 2 heterocycles. The van der Waals surface area contributed by atoms with E-state index in [9.17, 15) is 15.0 Å². The summed E-state index contributed by atoms with van der Waals surface area (Å²) >= 11 is 1.40. The molecule has 1 aliphatic carbocycles. The lowest BCUT2D eigenvalue weighted by molar-refractivity contribution is -0.156. The van der Waals surface area contributed by atoms with Gasteiger partial charge in [-0.2, -0.15) is 0 Å². The molecule has 0 radical (unpaired) electrons. The fourth-order valence-corrected chi connectivity index (χ4v) is 3.43. The first kappa shape index (κ1) is 9.33. The normalized spacial score (nSPS) is 37.7. The van der Waals surface area contributed by atoms with Gasteiger partial charge in [-0.15, -0.1) is 11.3 Å². The van der Waals surface area contributed by atoms with E-state index in [0.29, 0.717) is 10.4 Å². The van der Waals surface area contributed by atoms with Crippen LogP contribution in [-0.2, 0) is 15.1 Å². The molecule has 80 valence electrons. The first-order valence-electron chi connectivity index (χ1n) is 4.75. The van der Waals surface area contributed by atoms with E-state index in [4.69, 9.17) is 4.74 Å². The van der Waals surface area contributed by atoms with E-state index in [1.165, 1.54) is 11.3 Å². The molecule has 1 fully saturated rings. The van der Waals surface area contributed by atoms with Crippen LogP contribution in [0.25, 0.3) is 0 Å². The van der Waals surface area contributed by atoms with Crippen molar-refractivity contribution in [3.63, 3.8) is 0 Å². The fourth-order valence-electron chi connectivity index (χ4n) is 2.29. The molecule has 0 amide bonds. The van der Waals surface area contributed by atoms with Gasteiger partial charge in [0.1, 0.15) is 12.2 Å². The number of ether oxygens (including phenoxy) is 1. The summed E-state index contributed by atoms with van der Waals surface area (Å²) in [5.74, 6) is -0.636. The first-order chi connectivity index (χ1) is 7.02. The van der Waals surface area contributed by atoms with Gasteiger partial charge in [0.2, 0.25) is 0 Å². The van der Waals surface area contributed by atoms with Crippen molar-refractivity contribution in [3.8, 4) is 0 Å². The SMILES string of the molecule is Cc1cc2c(s1)[C@@H](O)[C@H]1C[C@]2(O)C(=O)O1. The lowest BCUT2D eigenvalue weighted by Crippen LogP contribution is -2.34. The third-order valence-corrected chi connectivity index (χ3v) is 4.16. The second-order valence-electron chi connectivity index (χ2n) is 4.09. The number of carbonyl (C=O) groups is 1. The van der Waals surface area contributed by atoms with Crippen molar-refractivity contribution in [3.05, 3.63) is 21.4 Å². The Hall–Kier alpha value is -0.910. The van der Waals surface area contributed by atoms with E-state index in [0.717, 1.165) is 4.88 Å². The molecule has 0 saturated carbocycles. The maximum Gasteiger partial charge on any atom is 0.343 e. The summed E-state index contributed by atoms with van der Waals surface area (Å²) in [6.07, 6.45) is -1.21. The predicted octanol–water partition coefficient (Wildman–Crippen LogP) is 0.607. The number of carbonyl (C=O) groups excluding carboxylic acids is 1. The zero-order chi connectivity index (χ0) is 10.8. The number of rotatable bonds is 0. The van der Waals surface area contributed by atoms with Gasteiger partial charge in [-0.25, -0.2) is 4.79 Å². The number of esters is 1. The second-order valence-corrected chi connectivity index (χ2v) is 5.38. The fraction of sp³-hybridized carbons (Fsp3) is 0.500. The van der Waals surface area contributed by atoms with Gasteiger partial charge in [0.05, 0.1) is 0 Å². The molecule has 15 heavy (non-hydrogen) atoms. The van der Waals surface area contributed by atoms with Crippen LogP contribution in [-0.4, -0.2) is 22.3 Å². The van der Waals surface area contributed by atoms with Gasteiger partial charge in [-0.1, -0.05) is 0 Å². The number of aliphatic hydroxyl groups is 2. The smallest absolute Gasteiger partial charge is 0.343 e. The zero-order valence-electron chi connectivity index (χ0n) is 8.06. The van der Waals surface area contributed by atoms with Crippen molar-refractivity contribution in [2.75, 3.05) is 0 Å². The van der Waals surface area contributed by atoms with Gasteiger partial charge in [0.25, 0.3) is 0 Å². The van der Waals surface area contributed by atoms with Gasteiger partial charge >= 0.3 is 5.97 Å². The highest BCUT2D eigenvalue weighted by molar-refractivity contribution is 7.12. The zero-order valence-corrected chi connectivity index (χ0v) is 8.87. The Labute approximate surface area is 90.1 Å². The second kappa shape index (κ2) is 2.61. The molecule has 2 aliphatic rings. The number of hydrogen-bond acceptors (Lipinski definition) is 5. The van der Waals surface area contributed by atoms with E-state index in [1.54, 1.807) is 6.07 Å². The van der Waals surface area contributed by atoms with Crippen molar-refractivity contribution >= 4 is 17.3 Å². The molecular formula is C10H10O4S. The molecule has 0 unspecified atom stereocenters. The maximum absolute atomic E-state index is 11.5. The lowest BCUT2D eigenvalue weighted by Gasteiger charge is -2.26. The van der Waals surface area contributed by atoms with Crippen LogP contribution < -0.4 is 0 Å². The minimum Gasteiger partial charge on any atom is -0.457 e. The molecule has 2 bridgehead atoms. The molecule has 1 aliphatic heterocycles. The Balaban J connectivity index is 2.26. The summed E-state index contributed by atoms with van der Waals surface area (Å²) in [5.41, 5.74) is -1.000. The van der Waals surface area contributed by atoms with E-state index < -0.39 is 23.8 Å². The van der Waals surface area contributed by atoms with E-state index >= 15 is 0 Å². The molecule has 1 saturated heterocycles. The van der Waals surface area contributed by atoms with Gasteiger partial charge in [0.15, 0.2) is 5.60 Å². The highest BCUT2D eigenvalue weighted by Gasteiger charge is 2.57. The predicted molar refractivity (Wildman–Crippen MR) is 52.4 cm³/mol. The van der Waals surface area contributed by atoms with Crippen molar-refractivity contribution < 1.29 is 19.7 Å². The van der Waals surface area contributed by atoms with Crippen LogP contribution in [0, 0.1) is 6.92 Å². The molecule has 5 heteroatoms. The Morgan fingerprint density at radius 3 is 3.13 bits per heavy atom.